The van der Waals surface area contributed by atoms with Gasteiger partial charge in [0.2, 0.25) is 11.8 Å². The first-order valence-corrected chi connectivity index (χ1v) is 12.4. The van der Waals surface area contributed by atoms with Crippen LogP contribution in [0.15, 0.2) is 27.4 Å². The number of amides is 3. The Morgan fingerprint density at radius 3 is 2.69 bits per heavy atom. The van der Waals surface area contributed by atoms with Gasteiger partial charge >= 0.3 is 5.63 Å². The summed E-state index contributed by atoms with van der Waals surface area (Å²) in [6.45, 7) is 3.75. The van der Waals surface area contributed by atoms with Gasteiger partial charge < -0.3 is 29.8 Å². The lowest BCUT2D eigenvalue weighted by atomic mass is 9.71. The van der Waals surface area contributed by atoms with Gasteiger partial charge in [0.1, 0.15) is 11.3 Å². The Bertz CT molecular complexity index is 1220. The highest BCUT2D eigenvalue weighted by Gasteiger charge is 2.43. The first-order chi connectivity index (χ1) is 17.2. The van der Waals surface area contributed by atoms with Crippen molar-refractivity contribution in [1.29, 1.82) is 0 Å². The maximum absolute atomic E-state index is 12.5. The molecular formula is C26H33N3O7. The molecule has 4 rings (SSSR count). The number of piperidine rings is 1. The summed E-state index contributed by atoms with van der Waals surface area (Å²) in [4.78, 5) is 50.3. The fraction of sp³-hybridized carbons (Fsp3) is 0.538. The van der Waals surface area contributed by atoms with Gasteiger partial charge in [0.25, 0.3) is 5.91 Å². The molecule has 1 saturated heterocycles. The van der Waals surface area contributed by atoms with E-state index in [-0.39, 0.29) is 31.5 Å². The molecule has 1 aliphatic carbocycles. The molecule has 2 aromatic rings. The van der Waals surface area contributed by atoms with Crippen LogP contribution in [0.3, 0.4) is 0 Å². The maximum atomic E-state index is 12.5. The van der Waals surface area contributed by atoms with Crippen LogP contribution in [-0.4, -0.2) is 66.1 Å². The summed E-state index contributed by atoms with van der Waals surface area (Å²) in [5.74, 6) is -0.748. The smallest absolute Gasteiger partial charge is 0.339 e. The van der Waals surface area contributed by atoms with Gasteiger partial charge in [-0.3, -0.25) is 14.4 Å². The summed E-state index contributed by atoms with van der Waals surface area (Å²) in [6.07, 6.45) is 4.35. The SMILES string of the molecule is Cc1c(C)c2ccc(OCC(=O)NCC(=O)NCC(=O)N3CC[C@@]4(O)CCCC[C@@H]4C3)cc2oc1=O. The number of carbonyl (C=O) groups is 3. The second-order valence-corrected chi connectivity index (χ2v) is 9.78. The zero-order valence-electron chi connectivity index (χ0n) is 20.7. The van der Waals surface area contributed by atoms with E-state index in [4.69, 9.17) is 9.15 Å². The van der Waals surface area contributed by atoms with Gasteiger partial charge in [0.05, 0.1) is 18.7 Å². The Morgan fingerprint density at radius 2 is 1.89 bits per heavy atom. The van der Waals surface area contributed by atoms with Crippen molar-refractivity contribution >= 4 is 28.7 Å². The van der Waals surface area contributed by atoms with Crippen molar-refractivity contribution in [3.05, 3.63) is 39.7 Å². The van der Waals surface area contributed by atoms with Crippen molar-refractivity contribution in [1.82, 2.24) is 15.5 Å². The van der Waals surface area contributed by atoms with Crippen molar-refractivity contribution in [3.63, 3.8) is 0 Å². The molecule has 0 unspecified atom stereocenters. The minimum atomic E-state index is -0.663. The monoisotopic (exact) mass is 499 g/mol. The number of likely N-dealkylation sites (tertiary alicyclic amines) is 1. The summed E-state index contributed by atoms with van der Waals surface area (Å²) in [7, 11) is 0. The van der Waals surface area contributed by atoms with Gasteiger partial charge in [0.15, 0.2) is 6.61 Å². The summed E-state index contributed by atoms with van der Waals surface area (Å²) >= 11 is 0. The molecule has 10 heteroatoms. The van der Waals surface area contributed by atoms with E-state index in [1.807, 2.05) is 6.92 Å². The zero-order valence-corrected chi connectivity index (χ0v) is 20.7. The zero-order chi connectivity index (χ0) is 25.9. The molecule has 2 heterocycles. The van der Waals surface area contributed by atoms with Crippen molar-refractivity contribution in [3.8, 4) is 5.75 Å². The summed E-state index contributed by atoms with van der Waals surface area (Å²) in [5.41, 5.74) is 0.652. The molecule has 2 fully saturated rings. The third-order valence-corrected chi connectivity index (χ3v) is 7.46. The van der Waals surface area contributed by atoms with E-state index in [1.165, 1.54) is 0 Å². The number of benzene rings is 1. The van der Waals surface area contributed by atoms with Crippen LogP contribution in [-0.2, 0) is 14.4 Å². The number of nitrogens with one attached hydrogen (secondary N) is 2. The maximum Gasteiger partial charge on any atom is 0.339 e. The molecule has 1 aromatic heterocycles. The number of aliphatic hydroxyl groups is 1. The van der Waals surface area contributed by atoms with Crippen molar-refractivity contribution in [2.24, 2.45) is 5.92 Å². The fourth-order valence-electron chi connectivity index (χ4n) is 5.04. The number of aryl methyl sites for hydroxylation is 1. The Kier molecular flexibility index (Phi) is 7.63. The molecule has 1 aromatic carbocycles. The third kappa shape index (κ3) is 5.70. The van der Waals surface area contributed by atoms with E-state index >= 15 is 0 Å². The number of hydrogen-bond donors (Lipinski definition) is 3. The molecule has 0 spiro atoms. The van der Waals surface area contributed by atoms with E-state index < -0.39 is 23.0 Å². The largest absolute Gasteiger partial charge is 0.484 e. The molecule has 10 nitrogen and oxygen atoms in total. The quantitative estimate of drug-likeness (QED) is 0.486. The van der Waals surface area contributed by atoms with E-state index in [0.717, 1.165) is 36.6 Å². The standard InChI is InChI=1S/C26H33N3O7/c1-16-17(2)25(33)36-21-11-19(6-7-20(16)21)35-15-23(31)27-12-22(30)28-13-24(32)29-10-9-26(34)8-4-3-5-18(26)14-29/h6-7,11,18,34H,3-5,8-10,12-15H2,1-2H3,(H,27,31)(H,28,30)/t18-,26+/m1/s1. The lowest BCUT2D eigenvalue weighted by Gasteiger charge is -2.47. The Balaban J connectivity index is 1.18. The Morgan fingerprint density at radius 1 is 1.11 bits per heavy atom. The molecule has 3 N–H and O–H groups in total. The third-order valence-electron chi connectivity index (χ3n) is 7.46. The van der Waals surface area contributed by atoms with Gasteiger partial charge in [0, 0.05) is 36.0 Å². The Hall–Kier alpha value is -3.40. The van der Waals surface area contributed by atoms with Crippen LogP contribution in [0, 0.1) is 19.8 Å². The normalized spacial score (nSPS) is 21.5. The van der Waals surface area contributed by atoms with Crippen LogP contribution in [0.1, 0.15) is 43.2 Å². The molecular weight excluding hydrogens is 466 g/mol. The minimum absolute atomic E-state index is 0.0886. The highest BCUT2D eigenvalue weighted by atomic mass is 16.5. The number of nitrogens with zero attached hydrogens (tertiary/aromatic N) is 1. The van der Waals surface area contributed by atoms with E-state index in [2.05, 4.69) is 10.6 Å². The lowest BCUT2D eigenvalue weighted by molar-refractivity contribution is -0.143. The number of ether oxygens (including phenoxy) is 1. The van der Waals surface area contributed by atoms with Crippen LogP contribution < -0.4 is 21.0 Å². The number of hydrogen-bond acceptors (Lipinski definition) is 7. The lowest BCUT2D eigenvalue weighted by Crippen LogP contribution is -2.56. The van der Waals surface area contributed by atoms with Crippen LogP contribution >= 0.6 is 0 Å². The number of rotatable bonds is 7. The van der Waals surface area contributed by atoms with Crippen molar-refractivity contribution < 1.29 is 28.6 Å². The first kappa shape index (κ1) is 25.7. The molecule has 1 saturated carbocycles. The molecule has 2 aliphatic rings. The molecule has 36 heavy (non-hydrogen) atoms. The second-order valence-electron chi connectivity index (χ2n) is 9.78. The first-order valence-electron chi connectivity index (χ1n) is 12.4. The molecule has 1 aliphatic heterocycles. The molecule has 194 valence electrons. The van der Waals surface area contributed by atoms with Crippen LogP contribution in [0.2, 0.25) is 0 Å². The van der Waals surface area contributed by atoms with E-state index in [9.17, 15) is 24.3 Å². The molecule has 0 radical (unpaired) electrons. The highest BCUT2D eigenvalue weighted by Crippen LogP contribution is 2.39. The minimum Gasteiger partial charge on any atom is -0.484 e. The topological polar surface area (TPSA) is 138 Å². The van der Waals surface area contributed by atoms with Crippen molar-refractivity contribution in [2.45, 2.75) is 51.6 Å². The van der Waals surface area contributed by atoms with Crippen molar-refractivity contribution in [2.75, 3.05) is 32.8 Å². The van der Waals surface area contributed by atoms with Gasteiger partial charge in [-0.05, 0) is 50.8 Å². The van der Waals surface area contributed by atoms with Gasteiger partial charge in [-0.2, -0.15) is 0 Å². The van der Waals surface area contributed by atoms with Crippen LogP contribution in [0.5, 0.6) is 5.75 Å². The predicted octanol–water partition coefficient (Wildman–Crippen LogP) is 1.17. The van der Waals surface area contributed by atoms with Crippen LogP contribution in [0.4, 0.5) is 0 Å². The average molecular weight is 500 g/mol. The second kappa shape index (κ2) is 10.7. The molecule has 3 amide bonds. The summed E-state index contributed by atoms with van der Waals surface area (Å²) < 4.78 is 10.7. The Labute approximate surface area is 209 Å². The number of carbonyl (C=O) groups excluding carboxylic acids is 3. The highest BCUT2D eigenvalue weighted by molar-refractivity contribution is 5.88. The predicted molar refractivity (Wildman–Crippen MR) is 132 cm³/mol. The molecule has 2 atom stereocenters. The number of fused-ring (bicyclic) bond motifs is 2. The fourth-order valence-corrected chi connectivity index (χ4v) is 5.04. The van der Waals surface area contributed by atoms with Gasteiger partial charge in [-0.25, -0.2) is 4.79 Å². The molecule has 0 bridgehead atoms. The van der Waals surface area contributed by atoms with E-state index in [0.29, 0.717) is 36.4 Å². The van der Waals surface area contributed by atoms with E-state index in [1.54, 1.807) is 30.0 Å². The average Bonchev–Trinajstić information content (AvgIpc) is 2.87. The summed E-state index contributed by atoms with van der Waals surface area (Å²) in [5, 5.41) is 16.5. The van der Waals surface area contributed by atoms with Gasteiger partial charge in [-0.1, -0.05) is 12.8 Å². The van der Waals surface area contributed by atoms with Crippen LogP contribution in [0.25, 0.3) is 11.0 Å². The van der Waals surface area contributed by atoms with Gasteiger partial charge in [-0.15, -0.1) is 0 Å². The summed E-state index contributed by atoms with van der Waals surface area (Å²) in [6, 6.07) is 4.98.